The Kier molecular flexibility index (Phi) is 4.63. The van der Waals surface area contributed by atoms with Crippen LogP contribution in [-0.2, 0) is 9.53 Å². The Hall–Kier alpha value is -1.92. The third-order valence-electron chi connectivity index (χ3n) is 4.09. The van der Waals surface area contributed by atoms with Gasteiger partial charge in [-0.05, 0) is 30.9 Å². The molecular weight excluding hydrogens is 312 g/mol. The lowest BCUT2D eigenvalue weighted by molar-refractivity contribution is -0.136. The Morgan fingerprint density at radius 3 is 2.65 bits per heavy atom. The minimum atomic E-state index is -0.537. The summed E-state index contributed by atoms with van der Waals surface area (Å²) in [6.45, 7) is 5.96. The van der Waals surface area contributed by atoms with Crippen LogP contribution in [0, 0.1) is 6.92 Å². The molecule has 5 nitrogen and oxygen atoms in total. The van der Waals surface area contributed by atoms with Crippen LogP contribution in [-0.4, -0.2) is 49.1 Å². The van der Waals surface area contributed by atoms with Crippen LogP contribution in [0.2, 0.25) is 0 Å². The summed E-state index contributed by atoms with van der Waals surface area (Å²) >= 11 is 1.46. The van der Waals surface area contributed by atoms with Crippen molar-refractivity contribution < 1.29 is 14.3 Å². The fraction of sp³-hybridized carbons (Fsp3) is 0.412. The summed E-state index contributed by atoms with van der Waals surface area (Å²) in [5.74, 6) is -0.238. The Labute approximate surface area is 139 Å². The molecule has 0 spiro atoms. The zero-order valence-corrected chi connectivity index (χ0v) is 14.1. The molecular formula is C17H20N2O3S. The number of nitrogens with zero attached hydrogens (tertiary/aromatic N) is 1. The van der Waals surface area contributed by atoms with Gasteiger partial charge in [-0.25, -0.2) is 0 Å². The first-order valence-corrected chi connectivity index (χ1v) is 8.55. The molecule has 0 saturated carbocycles. The molecule has 1 saturated heterocycles. The summed E-state index contributed by atoms with van der Waals surface area (Å²) in [6, 6.07) is 7.41. The van der Waals surface area contributed by atoms with Gasteiger partial charge < -0.3 is 15.0 Å². The van der Waals surface area contributed by atoms with E-state index in [1.807, 2.05) is 31.2 Å². The number of aryl methyl sites for hydroxylation is 1. The molecule has 1 aromatic carbocycles. The highest BCUT2D eigenvalue weighted by Crippen LogP contribution is 2.30. The van der Waals surface area contributed by atoms with E-state index in [2.05, 4.69) is 5.32 Å². The summed E-state index contributed by atoms with van der Waals surface area (Å²) in [5, 5.41) is 3.93. The summed E-state index contributed by atoms with van der Waals surface area (Å²) in [6.07, 6.45) is 0. The van der Waals surface area contributed by atoms with E-state index in [0.717, 1.165) is 15.6 Å². The lowest BCUT2D eigenvalue weighted by Crippen LogP contribution is -2.50. The maximum absolute atomic E-state index is 12.5. The van der Waals surface area contributed by atoms with Crippen molar-refractivity contribution in [2.75, 3.05) is 26.3 Å². The molecule has 0 aliphatic carbocycles. The van der Waals surface area contributed by atoms with Gasteiger partial charge in [-0.3, -0.25) is 9.59 Å². The third kappa shape index (κ3) is 3.23. The van der Waals surface area contributed by atoms with Crippen LogP contribution in [0.4, 0.5) is 0 Å². The second-order valence-corrected chi connectivity index (χ2v) is 6.74. The number of hydrogen-bond donors (Lipinski definition) is 1. The number of carbonyl (C=O) groups excluding carboxylic acids is 2. The number of benzene rings is 1. The molecule has 2 heterocycles. The van der Waals surface area contributed by atoms with Crippen molar-refractivity contribution >= 4 is 33.2 Å². The Morgan fingerprint density at radius 2 is 1.96 bits per heavy atom. The van der Waals surface area contributed by atoms with Gasteiger partial charge in [0.25, 0.3) is 5.91 Å². The highest BCUT2D eigenvalue weighted by atomic mass is 32.1. The van der Waals surface area contributed by atoms with Crippen molar-refractivity contribution in [2.24, 2.45) is 0 Å². The minimum Gasteiger partial charge on any atom is -0.378 e. The molecule has 3 rings (SSSR count). The van der Waals surface area contributed by atoms with Gasteiger partial charge in [0.1, 0.15) is 6.04 Å². The van der Waals surface area contributed by atoms with Crippen molar-refractivity contribution in [1.82, 2.24) is 10.2 Å². The van der Waals surface area contributed by atoms with E-state index < -0.39 is 6.04 Å². The second-order valence-electron chi connectivity index (χ2n) is 5.69. The lowest BCUT2D eigenvalue weighted by atomic mass is 10.1. The monoisotopic (exact) mass is 332 g/mol. The van der Waals surface area contributed by atoms with E-state index in [0.29, 0.717) is 31.2 Å². The molecule has 1 N–H and O–H groups in total. The smallest absolute Gasteiger partial charge is 0.262 e. The van der Waals surface area contributed by atoms with Crippen LogP contribution in [0.3, 0.4) is 0 Å². The molecule has 23 heavy (non-hydrogen) atoms. The van der Waals surface area contributed by atoms with Crippen LogP contribution < -0.4 is 5.32 Å². The summed E-state index contributed by atoms with van der Waals surface area (Å²) in [7, 11) is 0. The number of rotatable bonds is 3. The van der Waals surface area contributed by atoms with Crippen LogP contribution in [0.25, 0.3) is 10.1 Å². The third-order valence-corrected chi connectivity index (χ3v) is 5.36. The van der Waals surface area contributed by atoms with Crippen molar-refractivity contribution in [3.8, 4) is 0 Å². The molecule has 122 valence electrons. The molecule has 1 fully saturated rings. The second kappa shape index (κ2) is 6.68. The average Bonchev–Trinajstić information content (AvgIpc) is 2.92. The number of morpholine rings is 1. The summed E-state index contributed by atoms with van der Waals surface area (Å²) in [5.41, 5.74) is 0.967. The fourth-order valence-electron chi connectivity index (χ4n) is 2.77. The molecule has 1 aliphatic heterocycles. The zero-order valence-electron chi connectivity index (χ0n) is 13.3. The summed E-state index contributed by atoms with van der Waals surface area (Å²) < 4.78 is 6.34. The molecule has 6 heteroatoms. The number of nitrogens with one attached hydrogen (secondary N) is 1. The van der Waals surface area contributed by atoms with Crippen LogP contribution in [0.1, 0.15) is 22.2 Å². The van der Waals surface area contributed by atoms with Gasteiger partial charge in [-0.2, -0.15) is 0 Å². The normalized spacial score (nSPS) is 16.3. The maximum atomic E-state index is 12.5. The van der Waals surface area contributed by atoms with E-state index in [9.17, 15) is 9.59 Å². The van der Waals surface area contributed by atoms with Gasteiger partial charge in [-0.1, -0.05) is 18.2 Å². The quantitative estimate of drug-likeness (QED) is 0.937. The van der Waals surface area contributed by atoms with Gasteiger partial charge in [0, 0.05) is 17.8 Å². The molecule has 1 aromatic heterocycles. The number of hydrogen-bond acceptors (Lipinski definition) is 4. The first-order chi connectivity index (χ1) is 11.1. The highest BCUT2D eigenvalue weighted by Gasteiger charge is 2.25. The molecule has 1 aliphatic rings. The summed E-state index contributed by atoms with van der Waals surface area (Å²) in [4.78, 5) is 27.3. The number of carbonyl (C=O) groups is 2. The van der Waals surface area contributed by atoms with Crippen LogP contribution in [0.15, 0.2) is 24.3 Å². The van der Waals surface area contributed by atoms with Gasteiger partial charge >= 0.3 is 0 Å². The zero-order chi connectivity index (χ0) is 16.4. The van der Waals surface area contributed by atoms with Gasteiger partial charge in [0.05, 0.1) is 18.1 Å². The average molecular weight is 332 g/mol. The Balaban J connectivity index is 1.72. The maximum Gasteiger partial charge on any atom is 0.262 e. The Morgan fingerprint density at radius 1 is 1.26 bits per heavy atom. The number of amides is 2. The van der Waals surface area contributed by atoms with Gasteiger partial charge in [0.15, 0.2) is 0 Å². The van der Waals surface area contributed by atoms with Gasteiger partial charge in [-0.15, -0.1) is 11.3 Å². The predicted octanol–water partition coefficient (Wildman–Crippen LogP) is 2.19. The van der Waals surface area contributed by atoms with Crippen molar-refractivity contribution in [3.63, 3.8) is 0 Å². The van der Waals surface area contributed by atoms with Crippen molar-refractivity contribution in [2.45, 2.75) is 19.9 Å². The van der Waals surface area contributed by atoms with Gasteiger partial charge in [0.2, 0.25) is 5.91 Å². The highest BCUT2D eigenvalue weighted by molar-refractivity contribution is 7.21. The number of thiophene rings is 1. The largest absolute Gasteiger partial charge is 0.378 e. The van der Waals surface area contributed by atoms with E-state index in [1.165, 1.54) is 11.3 Å². The standard InChI is InChI=1S/C17H20N2O3S/c1-11-13-5-3-4-6-14(13)23-15(11)16(20)18-12(2)17(21)19-7-9-22-10-8-19/h3-6,12H,7-10H2,1-2H3,(H,18,20). The predicted molar refractivity (Wildman–Crippen MR) is 90.9 cm³/mol. The first-order valence-electron chi connectivity index (χ1n) is 7.73. The molecule has 0 bridgehead atoms. The lowest BCUT2D eigenvalue weighted by Gasteiger charge is -2.29. The fourth-order valence-corrected chi connectivity index (χ4v) is 3.88. The minimum absolute atomic E-state index is 0.0552. The van der Waals surface area contributed by atoms with Crippen molar-refractivity contribution in [3.05, 3.63) is 34.7 Å². The number of ether oxygens (including phenoxy) is 1. The molecule has 1 unspecified atom stereocenters. The van der Waals surface area contributed by atoms with Crippen LogP contribution in [0.5, 0.6) is 0 Å². The van der Waals surface area contributed by atoms with Crippen LogP contribution >= 0.6 is 11.3 Å². The molecule has 1 atom stereocenters. The molecule has 0 radical (unpaired) electrons. The number of fused-ring (bicyclic) bond motifs is 1. The molecule has 2 amide bonds. The first kappa shape index (κ1) is 16.0. The molecule has 2 aromatic rings. The topological polar surface area (TPSA) is 58.6 Å². The van der Waals surface area contributed by atoms with E-state index in [4.69, 9.17) is 4.74 Å². The Bertz CT molecular complexity index is 735. The van der Waals surface area contributed by atoms with Crippen molar-refractivity contribution in [1.29, 1.82) is 0 Å². The van der Waals surface area contributed by atoms with E-state index in [1.54, 1.807) is 11.8 Å². The van der Waals surface area contributed by atoms with E-state index in [-0.39, 0.29) is 11.8 Å². The van der Waals surface area contributed by atoms with E-state index >= 15 is 0 Å². The SMILES string of the molecule is Cc1c(C(=O)NC(C)C(=O)N2CCOCC2)sc2ccccc12.